The van der Waals surface area contributed by atoms with E-state index < -0.39 is 11.9 Å². The van der Waals surface area contributed by atoms with Crippen LogP contribution >= 0.6 is 11.8 Å². The minimum atomic E-state index is -4.16. The summed E-state index contributed by atoms with van der Waals surface area (Å²) in [5.74, 6) is -0.931. The van der Waals surface area contributed by atoms with Gasteiger partial charge in [-0.1, -0.05) is 11.8 Å². The molecule has 1 heterocycles. The van der Waals surface area contributed by atoms with E-state index in [1.165, 1.54) is 11.0 Å². The minimum absolute atomic E-state index is 0.271. The number of alkyl halides is 3. The van der Waals surface area contributed by atoms with Crippen LogP contribution < -0.4 is 0 Å². The van der Waals surface area contributed by atoms with Crippen molar-refractivity contribution in [2.45, 2.75) is 11.3 Å². The first-order chi connectivity index (χ1) is 5.49. The summed E-state index contributed by atoms with van der Waals surface area (Å²) < 4.78 is 36.4. The molecule has 1 aromatic heterocycles. The zero-order valence-corrected chi connectivity index (χ0v) is 6.98. The maximum atomic E-state index is 11.7. The molecule has 0 atom stereocenters. The van der Waals surface area contributed by atoms with Gasteiger partial charge in [0, 0.05) is 7.05 Å². The molecular weight excluding hydrogens is 191 g/mol. The number of aromatic nitrogens is 3. The van der Waals surface area contributed by atoms with Crippen LogP contribution in [0, 0.1) is 0 Å². The van der Waals surface area contributed by atoms with Crippen molar-refractivity contribution in [2.75, 3.05) is 5.75 Å². The van der Waals surface area contributed by atoms with Crippen LogP contribution in [-0.2, 0) is 7.05 Å². The highest BCUT2D eigenvalue weighted by Gasteiger charge is 2.28. The number of hydrogen-bond acceptors (Lipinski definition) is 3. The summed E-state index contributed by atoms with van der Waals surface area (Å²) in [5.41, 5.74) is 0. The van der Waals surface area contributed by atoms with E-state index in [-0.39, 0.29) is 5.16 Å². The predicted octanol–water partition coefficient (Wildman–Crippen LogP) is 1.47. The van der Waals surface area contributed by atoms with Crippen LogP contribution in [0.4, 0.5) is 13.2 Å². The molecule has 0 fully saturated rings. The maximum absolute atomic E-state index is 11.7. The monoisotopic (exact) mass is 197 g/mol. The zero-order chi connectivity index (χ0) is 9.19. The fraction of sp³-hybridized carbons (Fsp3) is 0.600. The van der Waals surface area contributed by atoms with Crippen molar-refractivity contribution in [3.63, 3.8) is 0 Å². The summed E-state index contributed by atoms with van der Waals surface area (Å²) in [6, 6.07) is 0. The summed E-state index contributed by atoms with van der Waals surface area (Å²) in [4.78, 5) is 3.63. The summed E-state index contributed by atoms with van der Waals surface area (Å²) in [6.07, 6.45) is -2.94. The molecule has 0 aromatic carbocycles. The Hall–Kier alpha value is -0.720. The first-order valence-corrected chi connectivity index (χ1v) is 4.01. The number of rotatable bonds is 2. The Bertz CT molecular complexity index is 257. The van der Waals surface area contributed by atoms with Crippen LogP contribution in [0.1, 0.15) is 0 Å². The van der Waals surface area contributed by atoms with E-state index in [0.717, 1.165) is 0 Å². The third-order valence-electron chi connectivity index (χ3n) is 1.03. The topological polar surface area (TPSA) is 30.7 Å². The Morgan fingerprint density at radius 3 is 2.67 bits per heavy atom. The van der Waals surface area contributed by atoms with E-state index >= 15 is 0 Å². The normalized spacial score (nSPS) is 12.0. The third-order valence-corrected chi connectivity index (χ3v) is 2.13. The molecule has 1 aromatic rings. The van der Waals surface area contributed by atoms with E-state index in [0.29, 0.717) is 11.8 Å². The van der Waals surface area contributed by atoms with Gasteiger partial charge in [-0.05, 0) is 0 Å². The SMILES string of the molecule is Cn1ncnc1SCC(F)(F)F. The molecule has 7 heteroatoms. The molecule has 0 aliphatic heterocycles. The van der Waals surface area contributed by atoms with Crippen LogP contribution in [-0.4, -0.2) is 26.7 Å². The highest BCUT2D eigenvalue weighted by molar-refractivity contribution is 7.99. The molecule has 0 unspecified atom stereocenters. The van der Waals surface area contributed by atoms with Crippen molar-refractivity contribution in [3.05, 3.63) is 6.33 Å². The van der Waals surface area contributed by atoms with Crippen LogP contribution in [0.5, 0.6) is 0 Å². The van der Waals surface area contributed by atoms with Gasteiger partial charge >= 0.3 is 6.18 Å². The molecular formula is C5H6F3N3S. The van der Waals surface area contributed by atoms with Crippen molar-refractivity contribution >= 4 is 11.8 Å². The van der Waals surface area contributed by atoms with Crippen LogP contribution in [0.3, 0.4) is 0 Å². The fourth-order valence-corrected chi connectivity index (χ4v) is 1.21. The molecule has 3 nitrogen and oxygen atoms in total. The molecule has 0 saturated heterocycles. The lowest BCUT2D eigenvalue weighted by atomic mass is 10.8. The van der Waals surface area contributed by atoms with E-state index in [1.54, 1.807) is 7.05 Å². The Morgan fingerprint density at radius 1 is 1.58 bits per heavy atom. The fourth-order valence-electron chi connectivity index (χ4n) is 0.563. The van der Waals surface area contributed by atoms with Gasteiger partial charge in [0.15, 0.2) is 5.16 Å². The molecule has 0 amide bonds. The Morgan fingerprint density at radius 2 is 2.25 bits per heavy atom. The van der Waals surface area contributed by atoms with Crippen molar-refractivity contribution in [2.24, 2.45) is 7.05 Å². The first-order valence-electron chi connectivity index (χ1n) is 3.02. The lowest BCUT2D eigenvalue weighted by Gasteiger charge is -2.03. The first kappa shape index (κ1) is 9.37. The smallest absolute Gasteiger partial charge is 0.244 e. The second-order valence-electron chi connectivity index (χ2n) is 2.07. The number of hydrogen-bond donors (Lipinski definition) is 0. The molecule has 0 radical (unpaired) electrons. The molecule has 0 saturated carbocycles. The average Bonchev–Trinajstić information content (AvgIpc) is 2.29. The van der Waals surface area contributed by atoms with Crippen LogP contribution in [0.25, 0.3) is 0 Å². The molecule has 0 aliphatic rings. The predicted molar refractivity (Wildman–Crippen MR) is 37.8 cm³/mol. The van der Waals surface area contributed by atoms with Gasteiger partial charge < -0.3 is 0 Å². The summed E-state index contributed by atoms with van der Waals surface area (Å²) in [6.45, 7) is 0. The summed E-state index contributed by atoms with van der Waals surface area (Å²) >= 11 is 0.625. The van der Waals surface area contributed by atoms with Gasteiger partial charge in [-0.2, -0.15) is 18.3 Å². The Kier molecular flexibility index (Phi) is 2.61. The van der Waals surface area contributed by atoms with Crippen molar-refractivity contribution in [3.8, 4) is 0 Å². The van der Waals surface area contributed by atoms with E-state index in [1.807, 2.05) is 0 Å². The van der Waals surface area contributed by atoms with Gasteiger partial charge in [-0.15, -0.1) is 0 Å². The second kappa shape index (κ2) is 3.34. The second-order valence-corrected chi connectivity index (χ2v) is 3.01. The van der Waals surface area contributed by atoms with Gasteiger partial charge in [0.25, 0.3) is 0 Å². The molecule has 0 spiro atoms. The molecule has 0 aliphatic carbocycles. The van der Waals surface area contributed by atoms with Gasteiger partial charge in [0.1, 0.15) is 6.33 Å². The van der Waals surface area contributed by atoms with Gasteiger partial charge in [0.2, 0.25) is 0 Å². The zero-order valence-electron chi connectivity index (χ0n) is 6.17. The number of halogens is 3. The third kappa shape index (κ3) is 2.72. The van der Waals surface area contributed by atoms with Crippen molar-refractivity contribution in [1.29, 1.82) is 0 Å². The lowest BCUT2D eigenvalue weighted by molar-refractivity contribution is -0.105. The largest absolute Gasteiger partial charge is 0.398 e. The van der Waals surface area contributed by atoms with Crippen molar-refractivity contribution < 1.29 is 13.2 Å². The maximum Gasteiger partial charge on any atom is 0.398 e. The molecule has 1 rings (SSSR count). The Balaban J connectivity index is 2.49. The molecule has 0 bridgehead atoms. The Labute approximate surface area is 71.0 Å². The minimum Gasteiger partial charge on any atom is -0.244 e. The number of aryl methyl sites for hydroxylation is 1. The van der Waals surface area contributed by atoms with E-state index in [9.17, 15) is 13.2 Å². The van der Waals surface area contributed by atoms with Crippen molar-refractivity contribution in [1.82, 2.24) is 14.8 Å². The van der Waals surface area contributed by atoms with Crippen LogP contribution in [0.15, 0.2) is 11.5 Å². The van der Waals surface area contributed by atoms with Crippen LogP contribution in [0.2, 0.25) is 0 Å². The van der Waals surface area contributed by atoms with Gasteiger partial charge in [-0.3, -0.25) is 0 Å². The average molecular weight is 197 g/mol. The summed E-state index contributed by atoms with van der Waals surface area (Å²) in [5, 5.41) is 3.91. The van der Waals surface area contributed by atoms with Gasteiger partial charge in [-0.25, -0.2) is 9.67 Å². The number of nitrogens with zero attached hydrogens (tertiary/aromatic N) is 3. The molecule has 12 heavy (non-hydrogen) atoms. The molecule has 68 valence electrons. The standard InChI is InChI=1S/C5H6F3N3S/c1-11-4(9-3-10-11)12-2-5(6,7)8/h3H,2H2,1H3. The molecule has 0 N–H and O–H groups in total. The van der Waals surface area contributed by atoms with E-state index in [4.69, 9.17) is 0 Å². The van der Waals surface area contributed by atoms with Gasteiger partial charge in [0.05, 0.1) is 5.75 Å². The quantitative estimate of drug-likeness (QED) is 0.672. The number of thioether (sulfide) groups is 1. The summed E-state index contributed by atoms with van der Waals surface area (Å²) in [7, 11) is 1.55. The van der Waals surface area contributed by atoms with E-state index in [2.05, 4.69) is 10.1 Å². The highest BCUT2D eigenvalue weighted by Crippen LogP contribution is 2.24. The highest BCUT2D eigenvalue weighted by atomic mass is 32.2. The lowest BCUT2D eigenvalue weighted by Crippen LogP contribution is -2.11.